The molecule has 0 spiro atoms. The summed E-state index contributed by atoms with van der Waals surface area (Å²) in [5.74, 6) is -1.10. The number of carbonyl (C=O) groups excluding carboxylic acids is 1. The molecule has 0 bridgehead atoms. The van der Waals surface area contributed by atoms with E-state index in [9.17, 15) is 9.59 Å². The first-order valence-corrected chi connectivity index (χ1v) is 7.86. The second-order valence-electron chi connectivity index (χ2n) is 5.46. The van der Waals surface area contributed by atoms with E-state index >= 15 is 0 Å². The van der Waals surface area contributed by atoms with Gasteiger partial charge in [0, 0.05) is 17.7 Å². The summed E-state index contributed by atoms with van der Waals surface area (Å²) < 4.78 is 5.63. The monoisotopic (exact) mass is 327 g/mol. The van der Waals surface area contributed by atoms with Crippen LogP contribution in [-0.4, -0.2) is 30.1 Å². The van der Waals surface area contributed by atoms with E-state index in [-0.39, 0.29) is 12.5 Å². The van der Waals surface area contributed by atoms with E-state index in [2.05, 4.69) is 5.32 Å². The number of para-hydroxylation sites is 1. The van der Waals surface area contributed by atoms with Gasteiger partial charge >= 0.3 is 5.97 Å². The summed E-state index contributed by atoms with van der Waals surface area (Å²) in [6.07, 6.45) is 0. The van der Waals surface area contributed by atoms with E-state index in [4.69, 9.17) is 9.84 Å². The molecule has 5 heteroatoms. The Morgan fingerprint density at radius 1 is 1.17 bits per heavy atom. The molecule has 0 heterocycles. The predicted molar refractivity (Wildman–Crippen MR) is 92.2 cm³/mol. The lowest BCUT2D eigenvalue weighted by molar-refractivity contribution is -0.140. The molecule has 0 aromatic heterocycles. The molecule has 1 amide bonds. The van der Waals surface area contributed by atoms with Gasteiger partial charge in [-0.2, -0.15) is 0 Å². The van der Waals surface area contributed by atoms with Crippen LogP contribution >= 0.6 is 0 Å². The molecule has 2 rings (SSSR count). The van der Waals surface area contributed by atoms with Crippen molar-refractivity contribution in [3.8, 4) is 16.9 Å². The van der Waals surface area contributed by atoms with Crippen molar-refractivity contribution in [2.75, 3.05) is 13.2 Å². The number of hydrogen-bond donors (Lipinski definition) is 2. The van der Waals surface area contributed by atoms with E-state index in [0.29, 0.717) is 12.2 Å². The van der Waals surface area contributed by atoms with E-state index in [1.165, 1.54) is 0 Å². The number of carbonyl (C=O) groups is 2. The van der Waals surface area contributed by atoms with E-state index in [0.717, 1.165) is 16.9 Å². The number of hydrogen-bond acceptors (Lipinski definition) is 3. The molecule has 0 aliphatic carbocycles. The highest BCUT2D eigenvalue weighted by atomic mass is 16.5. The van der Waals surface area contributed by atoms with Crippen molar-refractivity contribution in [3.63, 3.8) is 0 Å². The van der Waals surface area contributed by atoms with Crippen LogP contribution in [-0.2, 0) is 4.79 Å². The third-order valence-electron chi connectivity index (χ3n) is 3.61. The van der Waals surface area contributed by atoms with Gasteiger partial charge in [0.1, 0.15) is 5.75 Å². The summed E-state index contributed by atoms with van der Waals surface area (Å²) in [7, 11) is 0. The molecule has 0 aliphatic heterocycles. The number of ether oxygens (including phenoxy) is 1. The molecular formula is C19H21NO4. The Kier molecular flexibility index (Phi) is 5.95. The fourth-order valence-corrected chi connectivity index (χ4v) is 2.25. The van der Waals surface area contributed by atoms with Crippen LogP contribution in [0.2, 0.25) is 0 Å². The van der Waals surface area contributed by atoms with Crippen LogP contribution in [0.25, 0.3) is 11.1 Å². The van der Waals surface area contributed by atoms with Gasteiger partial charge in [0.25, 0.3) is 5.91 Å². The van der Waals surface area contributed by atoms with Crippen molar-refractivity contribution in [1.29, 1.82) is 0 Å². The first-order valence-electron chi connectivity index (χ1n) is 7.86. The zero-order chi connectivity index (χ0) is 17.5. The van der Waals surface area contributed by atoms with Crippen LogP contribution in [0.1, 0.15) is 24.2 Å². The van der Waals surface area contributed by atoms with Crippen molar-refractivity contribution < 1.29 is 19.4 Å². The topological polar surface area (TPSA) is 75.6 Å². The zero-order valence-electron chi connectivity index (χ0n) is 13.8. The van der Waals surface area contributed by atoms with Gasteiger partial charge in [0.2, 0.25) is 0 Å². The van der Waals surface area contributed by atoms with Crippen molar-refractivity contribution in [3.05, 3.63) is 54.1 Å². The number of rotatable bonds is 7. The maximum atomic E-state index is 12.2. The van der Waals surface area contributed by atoms with Crippen LogP contribution in [0, 0.1) is 5.92 Å². The second kappa shape index (κ2) is 8.15. The summed E-state index contributed by atoms with van der Waals surface area (Å²) in [5, 5.41) is 11.5. The van der Waals surface area contributed by atoms with Crippen LogP contribution in [0.5, 0.6) is 5.75 Å². The van der Waals surface area contributed by atoms with Crippen LogP contribution in [0.4, 0.5) is 0 Å². The molecule has 5 nitrogen and oxygen atoms in total. The zero-order valence-corrected chi connectivity index (χ0v) is 13.8. The Bertz CT molecular complexity index is 727. The van der Waals surface area contributed by atoms with Crippen LogP contribution in [0.15, 0.2) is 48.5 Å². The predicted octanol–water partition coefficient (Wildman–Crippen LogP) is 3.20. The Hall–Kier alpha value is -2.82. The molecule has 24 heavy (non-hydrogen) atoms. The van der Waals surface area contributed by atoms with Crippen molar-refractivity contribution in [2.45, 2.75) is 13.8 Å². The van der Waals surface area contributed by atoms with Gasteiger partial charge < -0.3 is 15.2 Å². The summed E-state index contributed by atoms with van der Waals surface area (Å²) in [6.45, 7) is 4.12. The SMILES string of the molecule is CCOc1ccccc1-c1cccc(C(=O)NCC(C)C(=O)O)c1. The molecule has 126 valence electrons. The third-order valence-corrected chi connectivity index (χ3v) is 3.61. The van der Waals surface area contributed by atoms with Crippen molar-refractivity contribution >= 4 is 11.9 Å². The van der Waals surface area contributed by atoms with Crippen LogP contribution < -0.4 is 10.1 Å². The number of carboxylic acids is 1. The fraction of sp³-hybridized carbons (Fsp3) is 0.263. The lowest BCUT2D eigenvalue weighted by Crippen LogP contribution is -2.31. The van der Waals surface area contributed by atoms with Gasteiger partial charge in [-0.05, 0) is 30.7 Å². The molecule has 0 saturated carbocycles. The molecule has 2 aromatic rings. The maximum absolute atomic E-state index is 12.2. The number of benzene rings is 2. The molecular weight excluding hydrogens is 306 g/mol. The minimum atomic E-state index is -0.935. The average molecular weight is 327 g/mol. The highest BCUT2D eigenvalue weighted by Crippen LogP contribution is 2.30. The number of carboxylic acid groups (broad SMARTS) is 1. The van der Waals surface area contributed by atoms with Crippen LogP contribution in [0.3, 0.4) is 0 Å². The maximum Gasteiger partial charge on any atom is 0.308 e. The molecule has 0 radical (unpaired) electrons. The first-order chi connectivity index (χ1) is 11.5. The number of aliphatic carboxylic acids is 1. The Balaban J connectivity index is 2.20. The summed E-state index contributed by atoms with van der Waals surface area (Å²) in [5.41, 5.74) is 2.27. The van der Waals surface area contributed by atoms with E-state index in [1.807, 2.05) is 37.3 Å². The fourth-order valence-electron chi connectivity index (χ4n) is 2.25. The summed E-state index contributed by atoms with van der Waals surface area (Å²) in [4.78, 5) is 23.1. The van der Waals surface area contributed by atoms with Crippen molar-refractivity contribution in [2.24, 2.45) is 5.92 Å². The molecule has 1 unspecified atom stereocenters. The smallest absolute Gasteiger partial charge is 0.308 e. The minimum Gasteiger partial charge on any atom is -0.493 e. The second-order valence-corrected chi connectivity index (χ2v) is 5.46. The Labute approximate surface area is 141 Å². The standard InChI is InChI=1S/C19H21NO4/c1-3-24-17-10-5-4-9-16(17)14-7-6-8-15(11-14)18(21)20-12-13(2)19(22)23/h4-11,13H,3,12H2,1-2H3,(H,20,21)(H,22,23). The molecule has 0 fully saturated rings. The molecule has 1 atom stereocenters. The minimum absolute atomic E-state index is 0.0912. The normalized spacial score (nSPS) is 11.6. The summed E-state index contributed by atoms with van der Waals surface area (Å²) >= 11 is 0. The van der Waals surface area contributed by atoms with Gasteiger partial charge in [-0.15, -0.1) is 0 Å². The third kappa shape index (κ3) is 4.35. The van der Waals surface area contributed by atoms with Gasteiger partial charge in [-0.25, -0.2) is 0 Å². The average Bonchev–Trinajstić information content (AvgIpc) is 2.60. The molecule has 0 saturated heterocycles. The number of amides is 1. The highest BCUT2D eigenvalue weighted by Gasteiger charge is 2.14. The van der Waals surface area contributed by atoms with E-state index in [1.54, 1.807) is 25.1 Å². The van der Waals surface area contributed by atoms with Gasteiger partial charge in [0.15, 0.2) is 0 Å². The first kappa shape index (κ1) is 17.5. The Morgan fingerprint density at radius 3 is 2.62 bits per heavy atom. The Morgan fingerprint density at radius 2 is 1.92 bits per heavy atom. The van der Waals surface area contributed by atoms with Gasteiger partial charge in [-0.1, -0.05) is 37.3 Å². The van der Waals surface area contributed by atoms with Crippen molar-refractivity contribution in [1.82, 2.24) is 5.32 Å². The lowest BCUT2D eigenvalue weighted by atomic mass is 10.0. The van der Waals surface area contributed by atoms with Gasteiger partial charge in [-0.3, -0.25) is 9.59 Å². The van der Waals surface area contributed by atoms with E-state index < -0.39 is 11.9 Å². The van der Waals surface area contributed by atoms with Gasteiger partial charge in [0.05, 0.1) is 12.5 Å². The number of nitrogens with one attached hydrogen (secondary N) is 1. The largest absolute Gasteiger partial charge is 0.493 e. The quantitative estimate of drug-likeness (QED) is 0.819. The highest BCUT2D eigenvalue weighted by molar-refractivity contribution is 5.95. The summed E-state index contributed by atoms with van der Waals surface area (Å²) in [6, 6.07) is 14.8. The lowest BCUT2D eigenvalue weighted by Gasteiger charge is -2.12. The molecule has 0 aliphatic rings. The molecule has 2 aromatic carbocycles. The molecule has 2 N–H and O–H groups in total.